The van der Waals surface area contributed by atoms with Gasteiger partial charge in [-0.15, -0.1) is 0 Å². The number of carbonyl (C=O) groups excluding carboxylic acids is 3. The molecule has 1 atom stereocenters. The number of aromatic nitrogens is 1. The molecule has 136 valence electrons. The van der Waals surface area contributed by atoms with Crippen LogP contribution < -0.4 is 10.6 Å². The normalized spacial score (nSPS) is 17.6. The van der Waals surface area contributed by atoms with E-state index < -0.39 is 6.04 Å². The van der Waals surface area contributed by atoms with Crippen molar-refractivity contribution >= 4 is 17.8 Å². The van der Waals surface area contributed by atoms with Crippen molar-refractivity contribution in [2.24, 2.45) is 0 Å². The van der Waals surface area contributed by atoms with Gasteiger partial charge in [-0.05, 0) is 18.6 Å². The second-order valence-electron chi connectivity index (χ2n) is 5.83. The van der Waals surface area contributed by atoms with Crippen molar-refractivity contribution in [3.63, 3.8) is 0 Å². The number of ether oxygens (including phenoxy) is 1. The van der Waals surface area contributed by atoms with Gasteiger partial charge in [0, 0.05) is 38.8 Å². The van der Waals surface area contributed by atoms with E-state index in [1.807, 2.05) is 23.1 Å². The number of esters is 1. The molecule has 0 spiro atoms. The minimum Gasteiger partial charge on any atom is -0.469 e. The molecule has 1 aliphatic rings. The Balaban J connectivity index is 1.84. The Kier molecular flexibility index (Phi) is 7.34. The zero-order valence-corrected chi connectivity index (χ0v) is 14.4. The number of methoxy groups -OCH3 is 1. The van der Waals surface area contributed by atoms with Crippen molar-refractivity contribution in [3.05, 3.63) is 30.1 Å². The summed E-state index contributed by atoms with van der Waals surface area (Å²) in [7, 11) is 1.33. The van der Waals surface area contributed by atoms with Crippen molar-refractivity contribution in [1.82, 2.24) is 20.5 Å². The van der Waals surface area contributed by atoms with Crippen LogP contribution in [0.5, 0.6) is 0 Å². The molecule has 0 aromatic carbocycles. The number of amides is 2. The number of carbonyl (C=O) groups is 3. The Bertz CT molecular complexity index is 594. The van der Waals surface area contributed by atoms with Crippen molar-refractivity contribution in [2.45, 2.75) is 31.8 Å². The molecule has 1 aliphatic heterocycles. The second kappa shape index (κ2) is 9.73. The minimum absolute atomic E-state index is 0.0802. The maximum Gasteiger partial charge on any atom is 0.305 e. The predicted molar refractivity (Wildman–Crippen MR) is 90.3 cm³/mol. The molecular weight excluding hydrogens is 324 g/mol. The average molecular weight is 348 g/mol. The molecular formula is C17H24N4O4. The number of pyridine rings is 1. The van der Waals surface area contributed by atoms with Crippen LogP contribution in [0.15, 0.2) is 24.4 Å². The summed E-state index contributed by atoms with van der Waals surface area (Å²) < 4.78 is 4.55. The largest absolute Gasteiger partial charge is 0.469 e. The number of hydrogen-bond donors (Lipinski definition) is 2. The Morgan fingerprint density at radius 2 is 2.28 bits per heavy atom. The van der Waals surface area contributed by atoms with Gasteiger partial charge in [-0.3, -0.25) is 24.3 Å². The number of nitrogens with zero attached hydrogens (tertiary/aromatic N) is 2. The van der Waals surface area contributed by atoms with Crippen molar-refractivity contribution in [2.75, 3.05) is 26.7 Å². The van der Waals surface area contributed by atoms with Crippen LogP contribution >= 0.6 is 0 Å². The van der Waals surface area contributed by atoms with Crippen molar-refractivity contribution in [3.8, 4) is 0 Å². The summed E-state index contributed by atoms with van der Waals surface area (Å²) in [5.41, 5.74) is 0.862. The van der Waals surface area contributed by atoms with Gasteiger partial charge in [-0.2, -0.15) is 0 Å². The fourth-order valence-corrected chi connectivity index (χ4v) is 2.68. The molecule has 2 rings (SSSR count). The highest BCUT2D eigenvalue weighted by atomic mass is 16.5. The van der Waals surface area contributed by atoms with E-state index in [-0.39, 0.29) is 30.6 Å². The summed E-state index contributed by atoms with van der Waals surface area (Å²) in [5, 5.41) is 5.55. The average Bonchev–Trinajstić information content (AvgIpc) is 2.62. The first-order valence-corrected chi connectivity index (χ1v) is 8.35. The summed E-state index contributed by atoms with van der Waals surface area (Å²) in [6, 6.07) is 5.12. The number of rotatable bonds is 8. The lowest BCUT2D eigenvalue weighted by atomic mass is 10.1. The van der Waals surface area contributed by atoms with Gasteiger partial charge in [0.15, 0.2) is 0 Å². The zero-order chi connectivity index (χ0) is 18.1. The Hall–Kier alpha value is -2.48. The highest BCUT2D eigenvalue weighted by molar-refractivity contribution is 5.88. The zero-order valence-electron chi connectivity index (χ0n) is 14.4. The third-order valence-corrected chi connectivity index (χ3v) is 4.02. The lowest BCUT2D eigenvalue weighted by molar-refractivity contribution is -0.140. The van der Waals surface area contributed by atoms with E-state index >= 15 is 0 Å². The van der Waals surface area contributed by atoms with E-state index in [0.29, 0.717) is 32.6 Å². The van der Waals surface area contributed by atoms with Gasteiger partial charge in [0.2, 0.25) is 11.8 Å². The van der Waals surface area contributed by atoms with Crippen LogP contribution in [0.1, 0.15) is 25.0 Å². The molecule has 2 amide bonds. The van der Waals surface area contributed by atoms with Gasteiger partial charge < -0.3 is 15.4 Å². The Morgan fingerprint density at radius 1 is 1.44 bits per heavy atom. The molecule has 8 heteroatoms. The van der Waals surface area contributed by atoms with E-state index in [2.05, 4.69) is 20.4 Å². The van der Waals surface area contributed by atoms with Crippen LogP contribution in [0.2, 0.25) is 0 Å². The van der Waals surface area contributed by atoms with E-state index in [4.69, 9.17) is 0 Å². The molecule has 1 aromatic heterocycles. The first-order chi connectivity index (χ1) is 12.1. The van der Waals surface area contributed by atoms with Gasteiger partial charge in [0.25, 0.3) is 0 Å². The molecule has 2 N–H and O–H groups in total. The molecule has 0 saturated carbocycles. The van der Waals surface area contributed by atoms with Crippen molar-refractivity contribution in [1.29, 1.82) is 0 Å². The summed E-state index contributed by atoms with van der Waals surface area (Å²) in [5.74, 6) is -0.660. The van der Waals surface area contributed by atoms with Crippen LogP contribution in [-0.2, 0) is 25.7 Å². The number of nitrogens with one attached hydrogen (secondary N) is 2. The molecule has 0 radical (unpaired) electrons. The molecule has 1 saturated heterocycles. The van der Waals surface area contributed by atoms with Crippen LogP contribution in [0, 0.1) is 0 Å². The second-order valence-corrected chi connectivity index (χ2v) is 5.83. The van der Waals surface area contributed by atoms with E-state index in [9.17, 15) is 14.4 Å². The van der Waals surface area contributed by atoms with Crippen molar-refractivity contribution < 1.29 is 19.1 Å². The molecule has 1 aromatic rings. The monoisotopic (exact) mass is 348 g/mol. The lowest BCUT2D eigenvalue weighted by Gasteiger charge is -2.34. The highest BCUT2D eigenvalue weighted by Crippen LogP contribution is 2.12. The molecule has 25 heavy (non-hydrogen) atoms. The fourth-order valence-electron chi connectivity index (χ4n) is 2.68. The highest BCUT2D eigenvalue weighted by Gasteiger charge is 2.31. The fraction of sp³-hybridized carbons (Fsp3) is 0.529. The number of hydrogen-bond acceptors (Lipinski definition) is 6. The molecule has 8 nitrogen and oxygen atoms in total. The summed E-state index contributed by atoms with van der Waals surface area (Å²) in [6.45, 7) is 2.13. The molecule has 0 aliphatic carbocycles. The molecule has 2 heterocycles. The summed E-state index contributed by atoms with van der Waals surface area (Å²) >= 11 is 0. The molecule has 1 unspecified atom stereocenters. The third kappa shape index (κ3) is 6.15. The molecule has 0 bridgehead atoms. The van der Waals surface area contributed by atoms with Crippen LogP contribution in [0.25, 0.3) is 0 Å². The molecule has 1 fully saturated rings. The maximum atomic E-state index is 12.2. The van der Waals surface area contributed by atoms with E-state index in [1.165, 1.54) is 7.11 Å². The van der Waals surface area contributed by atoms with Crippen LogP contribution in [0.4, 0.5) is 0 Å². The standard InChI is InChI=1S/C17H24N4O4/c1-25-16(23)6-4-8-19-15(22)11-14-17(24)20-9-10-21(14)12-13-5-2-3-7-18-13/h2-3,5,7,14H,4,6,8-12H2,1H3,(H,19,22)(H,20,24). The first kappa shape index (κ1) is 18.9. The number of piperazine rings is 1. The van der Waals surface area contributed by atoms with E-state index in [0.717, 1.165) is 5.69 Å². The topological polar surface area (TPSA) is 101 Å². The maximum absolute atomic E-state index is 12.2. The SMILES string of the molecule is COC(=O)CCCNC(=O)CC1C(=O)NCCN1Cc1ccccn1. The van der Waals surface area contributed by atoms with Gasteiger partial charge >= 0.3 is 5.97 Å². The first-order valence-electron chi connectivity index (χ1n) is 8.35. The van der Waals surface area contributed by atoms with Gasteiger partial charge in [0.1, 0.15) is 0 Å². The van der Waals surface area contributed by atoms with Crippen LogP contribution in [-0.4, -0.2) is 60.5 Å². The van der Waals surface area contributed by atoms with Gasteiger partial charge in [-0.1, -0.05) is 6.07 Å². The quantitative estimate of drug-likeness (QED) is 0.500. The van der Waals surface area contributed by atoms with Gasteiger partial charge in [-0.25, -0.2) is 0 Å². The lowest BCUT2D eigenvalue weighted by Crippen LogP contribution is -2.56. The van der Waals surface area contributed by atoms with Gasteiger partial charge in [0.05, 0.1) is 25.3 Å². The summed E-state index contributed by atoms with van der Waals surface area (Å²) in [4.78, 5) is 41.6. The van der Waals surface area contributed by atoms with Crippen LogP contribution in [0.3, 0.4) is 0 Å². The predicted octanol–water partition coefficient (Wildman–Crippen LogP) is -0.158. The third-order valence-electron chi connectivity index (χ3n) is 4.02. The van der Waals surface area contributed by atoms with E-state index in [1.54, 1.807) is 6.20 Å². The smallest absolute Gasteiger partial charge is 0.305 e. The Labute approximate surface area is 146 Å². The Morgan fingerprint density at radius 3 is 3.00 bits per heavy atom. The summed E-state index contributed by atoms with van der Waals surface area (Å²) in [6.07, 6.45) is 2.55. The minimum atomic E-state index is -0.517.